The Morgan fingerprint density at radius 3 is 2.45 bits per heavy atom. The smallest absolute Gasteiger partial charge is 0.385 e. The minimum atomic E-state index is -4.36. The van der Waals surface area contributed by atoms with E-state index in [9.17, 15) is 27.5 Å². The van der Waals surface area contributed by atoms with Crippen molar-refractivity contribution in [3.8, 4) is 0 Å². The van der Waals surface area contributed by atoms with E-state index in [0.29, 0.717) is 5.56 Å². The fourth-order valence-corrected chi connectivity index (χ4v) is 2.47. The van der Waals surface area contributed by atoms with Crippen LogP contribution in [0.25, 0.3) is 0 Å². The van der Waals surface area contributed by atoms with Crippen molar-refractivity contribution < 1.29 is 27.5 Å². The Kier molecular flexibility index (Phi) is 4.69. The van der Waals surface area contributed by atoms with Crippen LogP contribution in [0.1, 0.15) is 31.2 Å². The fourth-order valence-electron chi connectivity index (χ4n) is 2.47. The lowest BCUT2D eigenvalue weighted by Crippen LogP contribution is -2.45. The lowest BCUT2D eigenvalue weighted by atomic mass is 9.85. The van der Waals surface area contributed by atoms with Crippen molar-refractivity contribution in [1.29, 1.82) is 0 Å². The van der Waals surface area contributed by atoms with Crippen molar-refractivity contribution in [2.75, 3.05) is 13.1 Å². The highest BCUT2D eigenvalue weighted by molar-refractivity contribution is 5.76. The number of alkyl halides is 3. The van der Waals surface area contributed by atoms with Crippen LogP contribution in [0.2, 0.25) is 0 Å². The lowest BCUT2D eigenvalue weighted by molar-refractivity contribution is -0.151. The number of halogens is 4. The summed E-state index contributed by atoms with van der Waals surface area (Å²) in [5, 5.41) is 10.5. The standard InChI is InChI=1S/C14H16F4N2O2/c15-11-2-1-10(9-19-11)13(22)5-7-20(8-6-13)12(21)3-4-14(16,17)18/h1-2,9,22H,3-8H2. The van der Waals surface area contributed by atoms with Crippen LogP contribution in [-0.4, -0.2) is 40.2 Å². The Labute approximate surface area is 124 Å². The minimum absolute atomic E-state index is 0.157. The van der Waals surface area contributed by atoms with Crippen LogP contribution in [0.5, 0.6) is 0 Å². The maximum absolute atomic E-state index is 12.8. The molecular formula is C14H16F4N2O2. The van der Waals surface area contributed by atoms with E-state index in [1.165, 1.54) is 17.2 Å². The Bertz CT molecular complexity index is 523. The van der Waals surface area contributed by atoms with E-state index in [4.69, 9.17) is 0 Å². The highest BCUT2D eigenvalue weighted by Crippen LogP contribution is 2.33. The first kappa shape index (κ1) is 16.7. The second-order valence-electron chi connectivity index (χ2n) is 5.40. The summed E-state index contributed by atoms with van der Waals surface area (Å²) >= 11 is 0. The van der Waals surface area contributed by atoms with Gasteiger partial charge in [0.15, 0.2) is 0 Å². The zero-order chi connectivity index (χ0) is 16.4. The summed E-state index contributed by atoms with van der Waals surface area (Å²) in [4.78, 5) is 16.5. The second kappa shape index (κ2) is 6.20. The number of aromatic nitrogens is 1. The van der Waals surface area contributed by atoms with Gasteiger partial charge in [-0.3, -0.25) is 4.79 Å². The molecule has 0 aliphatic carbocycles. The number of likely N-dealkylation sites (tertiary alicyclic amines) is 1. The molecule has 1 N–H and O–H groups in total. The Morgan fingerprint density at radius 1 is 1.32 bits per heavy atom. The van der Waals surface area contributed by atoms with Crippen LogP contribution in [0.4, 0.5) is 17.6 Å². The van der Waals surface area contributed by atoms with Gasteiger partial charge in [0.1, 0.15) is 0 Å². The van der Waals surface area contributed by atoms with Crippen molar-refractivity contribution in [2.24, 2.45) is 0 Å². The molecule has 0 radical (unpaired) electrons. The third kappa shape index (κ3) is 4.16. The van der Waals surface area contributed by atoms with Gasteiger partial charge in [0.05, 0.1) is 12.0 Å². The Morgan fingerprint density at radius 2 is 1.95 bits per heavy atom. The summed E-state index contributed by atoms with van der Waals surface area (Å²) < 4.78 is 49.1. The van der Waals surface area contributed by atoms with Crippen molar-refractivity contribution in [1.82, 2.24) is 9.88 Å². The molecule has 0 spiro atoms. The molecule has 1 aliphatic rings. The lowest BCUT2D eigenvalue weighted by Gasteiger charge is -2.38. The third-order valence-electron chi connectivity index (χ3n) is 3.83. The molecule has 122 valence electrons. The maximum atomic E-state index is 12.8. The van der Waals surface area contributed by atoms with E-state index >= 15 is 0 Å². The number of piperidine rings is 1. The topological polar surface area (TPSA) is 53.4 Å². The molecule has 0 saturated carbocycles. The number of hydrogen-bond acceptors (Lipinski definition) is 3. The van der Waals surface area contributed by atoms with Crippen LogP contribution in [-0.2, 0) is 10.4 Å². The van der Waals surface area contributed by atoms with Crippen LogP contribution in [0.15, 0.2) is 18.3 Å². The van der Waals surface area contributed by atoms with Gasteiger partial charge in [0.2, 0.25) is 11.9 Å². The number of aliphatic hydroxyl groups is 1. The molecule has 4 nitrogen and oxygen atoms in total. The SMILES string of the molecule is O=C(CCC(F)(F)F)N1CCC(O)(c2ccc(F)nc2)CC1. The molecule has 2 heterocycles. The van der Waals surface area contributed by atoms with Crippen LogP contribution < -0.4 is 0 Å². The number of amides is 1. The van der Waals surface area contributed by atoms with Gasteiger partial charge in [-0.05, 0) is 18.9 Å². The summed E-state index contributed by atoms with van der Waals surface area (Å²) in [6, 6.07) is 2.55. The normalized spacial score (nSPS) is 18.3. The summed E-state index contributed by atoms with van der Waals surface area (Å²) in [5.41, 5.74) is -0.794. The van der Waals surface area contributed by atoms with Crippen molar-refractivity contribution in [3.05, 3.63) is 29.8 Å². The van der Waals surface area contributed by atoms with E-state index in [1.807, 2.05) is 0 Å². The predicted molar refractivity (Wildman–Crippen MR) is 69.2 cm³/mol. The van der Waals surface area contributed by atoms with Crippen molar-refractivity contribution >= 4 is 5.91 Å². The predicted octanol–water partition coefficient (Wildman–Crippen LogP) is 2.37. The van der Waals surface area contributed by atoms with Gasteiger partial charge in [0.25, 0.3) is 0 Å². The van der Waals surface area contributed by atoms with E-state index in [2.05, 4.69) is 4.98 Å². The number of carbonyl (C=O) groups is 1. The molecule has 1 aromatic heterocycles. The molecule has 0 unspecified atom stereocenters. The Balaban J connectivity index is 1.92. The number of rotatable bonds is 3. The average molecular weight is 320 g/mol. The number of pyridine rings is 1. The largest absolute Gasteiger partial charge is 0.389 e. The van der Waals surface area contributed by atoms with Gasteiger partial charge in [0, 0.05) is 31.3 Å². The molecule has 22 heavy (non-hydrogen) atoms. The monoisotopic (exact) mass is 320 g/mol. The number of nitrogens with zero attached hydrogens (tertiary/aromatic N) is 2. The molecule has 1 amide bonds. The van der Waals surface area contributed by atoms with Gasteiger partial charge in [-0.15, -0.1) is 0 Å². The molecule has 1 aromatic rings. The van der Waals surface area contributed by atoms with E-state index in [1.54, 1.807) is 0 Å². The van der Waals surface area contributed by atoms with Crippen molar-refractivity contribution in [3.63, 3.8) is 0 Å². The third-order valence-corrected chi connectivity index (χ3v) is 3.83. The fraction of sp³-hybridized carbons (Fsp3) is 0.571. The maximum Gasteiger partial charge on any atom is 0.389 e. The molecule has 1 saturated heterocycles. The molecule has 1 aliphatic heterocycles. The van der Waals surface area contributed by atoms with Gasteiger partial charge in [-0.2, -0.15) is 17.6 Å². The quantitative estimate of drug-likeness (QED) is 0.687. The second-order valence-corrected chi connectivity index (χ2v) is 5.40. The molecule has 0 aromatic carbocycles. The van der Waals surface area contributed by atoms with E-state index in [-0.39, 0.29) is 25.9 Å². The molecular weight excluding hydrogens is 304 g/mol. The van der Waals surface area contributed by atoms with Gasteiger partial charge < -0.3 is 10.0 Å². The summed E-state index contributed by atoms with van der Waals surface area (Å²) in [6.45, 7) is 0.315. The Hall–Kier alpha value is -1.70. The van der Waals surface area contributed by atoms with Gasteiger partial charge >= 0.3 is 6.18 Å². The highest BCUT2D eigenvalue weighted by atomic mass is 19.4. The van der Waals surface area contributed by atoms with E-state index in [0.717, 1.165) is 6.07 Å². The summed E-state index contributed by atoms with van der Waals surface area (Å²) in [5.74, 6) is -1.23. The zero-order valence-corrected chi connectivity index (χ0v) is 11.7. The number of hydrogen-bond donors (Lipinski definition) is 1. The van der Waals surface area contributed by atoms with Crippen molar-refractivity contribution in [2.45, 2.75) is 37.5 Å². The first-order valence-electron chi connectivity index (χ1n) is 6.89. The minimum Gasteiger partial charge on any atom is -0.385 e. The molecule has 8 heteroatoms. The summed E-state index contributed by atoms with van der Waals surface area (Å²) in [7, 11) is 0. The van der Waals surface area contributed by atoms with Gasteiger partial charge in [-0.1, -0.05) is 6.07 Å². The first-order chi connectivity index (χ1) is 10.2. The van der Waals surface area contributed by atoms with Crippen LogP contribution in [0.3, 0.4) is 0 Å². The van der Waals surface area contributed by atoms with Crippen LogP contribution >= 0.6 is 0 Å². The number of carbonyl (C=O) groups excluding carboxylic acids is 1. The van der Waals surface area contributed by atoms with Crippen LogP contribution in [0, 0.1) is 5.95 Å². The summed E-state index contributed by atoms with van der Waals surface area (Å²) in [6.07, 6.45) is -4.49. The molecule has 0 atom stereocenters. The highest BCUT2D eigenvalue weighted by Gasteiger charge is 2.36. The zero-order valence-electron chi connectivity index (χ0n) is 11.7. The van der Waals surface area contributed by atoms with Gasteiger partial charge in [-0.25, -0.2) is 4.98 Å². The van der Waals surface area contributed by atoms with E-state index < -0.39 is 36.5 Å². The molecule has 0 bridgehead atoms. The first-order valence-corrected chi connectivity index (χ1v) is 6.89. The molecule has 2 rings (SSSR count). The average Bonchev–Trinajstić information content (AvgIpc) is 2.45. The molecule has 1 fully saturated rings.